The standard InChI is InChI=1S/C22H22ClNO3/c1-2-3-12-24-22(26)11-9-19(25)17-13-15-6-4-5-7-20(15)27-21-10-8-16(23)14-18(17)21/h4-11,14,17H,2-3,12-13H2,1H3,(H,24,26)/b11-9-. The van der Waals surface area contributed by atoms with E-state index in [0.717, 1.165) is 29.7 Å². The summed E-state index contributed by atoms with van der Waals surface area (Å²) in [6, 6.07) is 12.9. The number of amides is 1. The van der Waals surface area contributed by atoms with Crippen LogP contribution in [0.25, 0.3) is 0 Å². The van der Waals surface area contributed by atoms with Crippen molar-refractivity contribution in [2.45, 2.75) is 32.1 Å². The third kappa shape index (κ3) is 4.77. The van der Waals surface area contributed by atoms with Crippen LogP contribution in [0.4, 0.5) is 0 Å². The van der Waals surface area contributed by atoms with Gasteiger partial charge >= 0.3 is 0 Å². The largest absolute Gasteiger partial charge is 0.457 e. The number of fused-ring (bicyclic) bond motifs is 2. The number of hydrogen-bond donors (Lipinski definition) is 1. The van der Waals surface area contributed by atoms with Crippen LogP contribution in [0.1, 0.15) is 36.8 Å². The van der Waals surface area contributed by atoms with Crippen LogP contribution in [0.2, 0.25) is 5.02 Å². The fourth-order valence-electron chi connectivity index (χ4n) is 3.08. The second-order valence-electron chi connectivity index (χ2n) is 6.53. The number of rotatable bonds is 6. The van der Waals surface area contributed by atoms with Gasteiger partial charge in [0.2, 0.25) is 5.91 Å². The number of carbonyl (C=O) groups excluding carboxylic acids is 2. The first-order valence-corrected chi connectivity index (χ1v) is 9.51. The molecule has 0 saturated carbocycles. The van der Waals surface area contributed by atoms with Gasteiger partial charge in [-0.15, -0.1) is 0 Å². The van der Waals surface area contributed by atoms with Gasteiger partial charge in [-0.1, -0.05) is 43.1 Å². The molecule has 1 aliphatic rings. The van der Waals surface area contributed by atoms with E-state index in [1.807, 2.05) is 24.3 Å². The first kappa shape index (κ1) is 19.2. The second kappa shape index (κ2) is 8.87. The van der Waals surface area contributed by atoms with Gasteiger partial charge in [-0.25, -0.2) is 0 Å². The number of para-hydroxylation sites is 1. The average Bonchev–Trinajstić information content (AvgIpc) is 2.83. The Balaban J connectivity index is 1.86. The highest BCUT2D eigenvalue weighted by molar-refractivity contribution is 6.30. The molecule has 3 rings (SSSR count). The van der Waals surface area contributed by atoms with E-state index >= 15 is 0 Å². The molecule has 1 aliphatic heterocycles. The minimum Gasteiger partial charge on any atom is -0.457 e. The van der Waals surface area contributed by atoms with Crippen LogP contribution in [0, 0.1) is 0 Å². The summed E-state index contributed by atoms with van der Waals surface area (Å²) in [6.07, 6.45) is 5.06. The summed E-state index contributed by atoms with van der Waals surface area (Å²) in [5.41, 5.74) is 1.68. The van der Waals surface area contributed by atoms with E-state index in [4.69, 9.17) is 16.3 Å². The van der Waals surface area contributed by atoms with Crippen molar-refractivity contribution in [2.24, 2.45) is 0 Å². The highest BCUT2D eigenvalue weighted by Gasteiger charge is 2.28. The van der Waals surface area contributed by atoms with Gasteiger partial charge in [0.15, 0.2) is 5.78 Å². The maximum absolute atomic E-state index is 12.9. The molecule has 1 heterocycles. The Morgan fingerprint density at radius 3 is 2.81 bits per heavy atom. The van der Waals surface area contributed by atoms with Crippen molar-refractivity contribution < 1.29 is 14.3 Å². The Bertz CT molecular complexity index is 876. The van der Waals surface area contributed by atoms with Crippen LogP contribution >= 0.6 is 11.6 Å². The van der Waals surface area contributed by atoms with Gasteiger partial charge in [0.25, 0.3) is 0 Å². The van der Waals surface area contributed by atoms with Gasteiger partial charge in [0.05, 0.1) is 5.92 Å². The van der Waals surface area contributed by atoms with Crippen molar-refractivity contribution in [3.8, 4) is 11.5 Å². The maximum Gasteiger partial charge on any atom is 0.244 e. The molecule has 27 heavy (non-hydrogen) atoms. The van der Waals surface area contributed by atoms with Crippen LogP contribution in [0.5, 0.6) is 11.5 Å². The summed E-state index contributed by atoms with van der Waals surface area (Å²) in [4.78, 5) is 24.8. The molecule has 0 radical (unpaired) electrons. The molecule has 5 heteroatoms. The monoisotopic (exact) mass is 383 g/mol. The topological polar surface area (TPSA) is 55.4 Å². The van der Waals surface area contributed by atoms with E-state index in [-0.39, 0.29) is 11.7 Å². The molecular formula is C22H22ClNO3. The van der Waals surface area contributed by atoms with Gasteiger partial charge in [0.1, 0.15) is 11.5 Å². The van der Waals surface area contributed by atoms with E-state index in [0.29, 0.717) is 23.7 Å². The summed E-state index contributed by atoms with van der Waals surface area (Å²) in [7, 11) is 0. The molecule has 0 fully saturated rings. The number of unbranched alkanes of at least 4 members (excludes halogenated alkanes) is 1. The zero-order valence-electron chi connectivity index (χ0n) is 15.2. The van der Waals surface area contributed by atoms with Crippen molar-refractivity contribution in [1.82, 2.24) is 5.32 Å². The highest BCUT2D eigenvalue weighted by Crippen LogP contribution is 2.40. The summed E-state index contributed by atoms with van der Waals surface area (Å²) in [5, 5.41) is 3.32. The van der Waals surface area contributed by atoms with Crippen LogP contribution in [0.15, 0.2) is 54.6 Å². The summed E-state index contributed by atoms with van der Waals surface area (Å²) in [5.74, 6) is 0.487. The number of hydrogen-bond acceptors (Lipinski definition) is 3. The molecular weight excluding hydrogens is 362 g/mol. The number of nitrogens with one attached hydrogen (secondary N) is 1. The van der Waals surface area contributed by atoms with E-state index in [1.54, 1.807) is 18.2 Å². The Morgan fingerprint density at radius 2 is 2.00 bits per heavy atom. The maximum atomic E-state index is 12.9. The zero-order chi connectivity index (χ0) is 19.2. The number of benzene rings is 2. The molecule has 0 bridgehead atoms. The SMILES string of the molecule is CCCCNC(=O)/C=C\C(=O)C1Cc2ccccc2Oc2ccc(Cl)cc21. The van der Waals surface area contributed by atoms with E-state index in [2.05, 4.69) is 12.2 Å². The highest BCUT2D eigenvalue weighted by atomic mass is 35.5. The number of carbonyl (C=O) groups is 2. The fraction of sp³-hybridized carbons (Fsp3) is 0.273. The molecule has 1 amide bonds. The van der Waals surface area contributed by atoms with E-state index in [9.17, 15) is 9.59 Å². The predicted molar refractivity (Wildman–Crippen MR) is 106 cm³/mol. The summed E-state index contributed by atoms with van der Waals surface area (Å²) < 4.78 is 6.01. The second-order valence-corrected chi connectivity index (χ2v) is 6.97. The first-order valence-electron chi connectivity index (χ1n) is 9.13. The van der Waals surface area contributed by atoms with Gasteiger partial charge in [-0.3, -0.25) is 9.59 Å². The van der Waals surface area contributed by atoms with Crippen LogP contribution in [-0.2, 0) is 16.0 Å². The lowest BCUT2D eigenvalue weighted by molar-refractivity contribution is -0.118. The van der Waals surface area contributed by atoms with Crippen LogP contribution in [0.3, 0.4) is 0 Å². The molecule has 140 valence electrons. The molecule has 0 aliphatic carbocycles. The van der Waals surface area contributed by atoms with Crippen LogP contribution < -0.4 is 10.1 Å². The zero-order valence-corrected chi connectivity index (χ0v) is 16.0. The van der Waals surface area contributed by atoms with E-state index in [1.165, 1.54) is 12.2 Å². The van der Waals surface area contributed by atoms with Crippen molar-refractivity contribution in [2.75, 3.05) is 6.54 Å². The Labute approximate surface area is 164 Å². The number of allylic oxidation sites excluding steroid dienone is 1. The normalized spacial score (nSPS) is 15.4. The average molecular weight is 384 g/mol. The van der Waals surface area contributed by atoms with Gasteiger partial charge in [-0.2, -0.15) is 0 Å². The third-order valence-corrected chi connectivity index (χ3v) is 4.77. The Kier molecular flexibility index (Phi) is 6.30. The summed E-state index contributed by atoms with van der Waals surface area (Å²) in [6.45, 7) is 2.66. The molecule has 0 spiro atoms. The Hall–Kier alpha value is -2.59. The molecule has 1 N–H and O–H groups in total. The third-order valence-electron chi connectivity index (χ3n) is 4.54. The smallest absolute Gasteiger partial charge is 0.244 e. The summed E-state index contributed by atoms with van der Waals surface area (Å²) >= 11 is 6.16. The number of ketones is 1. The quantitative estimate of drug-likeness (QED) is 0.575. The predicted octanol–water partition coefficient (Wildman–Crippen LogP) is 4.81. The van der Waals surface area contributed by atoms with Crippen molar-refractivity contribution in [3.05, 3.63) is 70.8 Å². The lowest BCUT2D eigenvalue weighted by Crippen LogP contribution is -2.22. The molecule has 0 saturated heterocycles. The van der Waals surface area contributed by atoms with Crippen LogP contribution in [-0.4, -0.2) is 18.2 Å². The van der Waals surface area contributed by atoms with Gasteiger partial charge in [-0.05, 0) is 48.7 Å². The van der Waals surface area contributed by atoms with Crippen molar-refractivity contribution >= 4 is 23.3 Å². The minimum atomic E-state index is -0.456. The molecule has 2 aromatic carbocycles. The molecule has 0 aromatic heterocycles. The number of ether oxygens (including phenoxy) is 1. The van der Waals surface area contributed by atoms with Crippen molar-refractivity contribution in [3.63, 3.8) is 0 Å². The number of halogens is 1. The molecule has 1 atom stereocenters. The lowest BCUT2D eigenvalue weighted by Gasteiger charge is -2.14. The molecule has 1 unspecified atom stereocenters. The Morgan fingerprint density at radius 1 is 1.19 bits per heavy atom. The van der Waals surface area contributed by atoms with Crippen molar-refractivity contribution in [1.29, 1.82) is 0 Å². The fourth-order valence-corrected chi connectivity index (χ4v) is 3.26. The van der Waals surface area contributed by atoms with E-state index < -0.39 is 5.92 Å². The molecule has 2 aromatic rings. The minimum absolute atomic E-state index is 0.149. The lowest BCUT2D eigenvalue weighted by atomic mass is 9.88. The first-order chi connectivity index (χ1) is 13.1. The van der Waals surface area contributed by atoms with Gasteiger partial charge in [0, 0.05) is 23.2 Å². The molecule has 4 nitrogen and oxygen atoms in total. The van der Waals surface area contributed by atoms with Gasteiger partial charge < -0.3 is 10.1 Å².